The molecule has 1 fully saturated rings. The van der Waals surface area contributed by atoms with Crippen LogP contribution in [0.1, 0.15) is 43.4 Å². The van der Waals surface area contributed by atoms with E-state index < -0.39 is 15.9 Å². The van der Waals surface area contributed by atoms with E-state index in [1.54, 1.807) is 37.1 Å². The first kappa shape index (κ1) is 24.6. The number of sulfonamides is 1. The number of nitrogens with one attached hydrogen (secondary N) is 2. The van der Waals surface area contributed by atoms with Crippen LogP contribution >= 0.6 is 0 Å². The van der Waals surface area contributed by atoms with Gasteiger partial charge in [-0.1, -0.05) is 31.5 Å². The second-order valence-electron chi connectivity index (χ2n) is 8.36. The standard InChI is InChI=1S/C24H31N3O5S/c1-5-6-13-27-22(28)15-20(23(27)17-8-11-19(32-3)12-9-17)24(29)25-18-10-7-16(2)21(14-18)26-33(4,30)31/h7-12,14,20,23,26H,5-6,13,15H2,1-4H3,(H,25,29). The molecule has 0 spiro atoms. The number of rotatable bonds is 9. The summed E-state index contributed by atoms with van der Waals surface area (Å²) in [5, 5.41) is 2.88. The maximum Gasteiger partial charge on any atom is 0.230 e. The Morgan fingerprint density at radius 3 is 2.48 bits per heavy atom. The van der Waals surface area contributed by atoms with Crippen LogP contribution in [0, 0.1) is 12.8 Å². The van der Waals surface area contributed by atoms with E-state index in [0.29, 0.717) is 23.7 Å². The van der Waals surface area contributed by atoms with Gasteiger partial charge in [-0.2, -0.15) is 0 Å². The minimum absolute atomic E-state index is 0.0484. The summed E-state index contributed by atoms with van der Waals surface area (Å²) in [6, 6.07) is 12.1. The Balaban J connectivity index is 1.88. The highest BCUT2D eigenvalue weighted by Crippen LogP contribution is 2.39. The number of hydrogen-bond acceptors (Lipinski definition) is 5. The smallest absolute Gasteiger partial charge is 0.230 e. The number of nitrogens with zero attached hydrogens (tertiary/aromatic N) is 1. The first-order valence-corrected chi connectivity index (χ1v) is 12.8. The molecule has 3 rings (SSSR count). The van der Waals surface area contributed by atoms with Crippen molar-refractivity contribution in [1.29, 1.82) is 0 Å². The molecule has 1 aliphatic rings. The predicted molar refractivity (Wildman–Crippen MR) is 129 cm³/mol. The number of amides is 2. The molecule has 0 aromatic heterocycles. The fourth-order valence-electron chi connectivity index (χ4n) is 4.08. The van der Waals surface area contributed by atoms with Crippen molar-refractivity contribution in [3.8, 4) is 5.75 Å². The highest BCUT2D eigenvalue weighted by Gasteiger charge is 2.44. The number of ether oxygens (including phenoxy) is 1. The van der Waals surface area contributed by atoms with Crippen molar-refractivity contribution in [3.63, 3.8) is 0 Å². The van der Waals surface area contributed by atoms with Crippen LogP contribution < -0.4 is 14.8 Å². The Labute approximate surface area is 195 Å². The van der Waals surface area contributed by atoms with Crippen LogP contribution in [-0.4, -0.2) is 45.0 Å². The predicted octanol–water partition coefficient (Wildman–Crippen LogP) is 3.70. The van der Waals surface area contributed by atoms with Crippen LogP contribution in [0.15, 0.2) is 42.5 Å². The van der Waals surface area contributed by atoms with E-state index in [2.05, 4.69) is 17.0 Å². The summed E-state index contributed by atoms with van der Waals surface area (Å²) in [6.45, 7) is 4.43. The van der Waals surface area contributed by atoms with Crippen LogP contribution in [0.5, 0.6) is 5.75 Å². The van der Waals surface area contributed by atoms with Gasteiger partial charge in [0.25, 0.3) is 0 Å². The molecule has 8 nitrogen and oxygen atoms in total. The third-order valence-corrected chi connectivity index (χ3v) is 6.37. The van der Waals surface area contributed by atoms with E-state index >= 15 is 0 Å². The van der Waals surface area contributed by atoms with Gasteiger partial charge < -0.3 is 15.0 Å². The van der Waals surface area contributed by atoms with Gasteiger partial charge in [0.2, 0.25) is 21.8 Å². The van der Waals surface area contributed by atoms with Crippen LogP contribution in [0.25, 0.3) is 0 Å². The molecule has 2 amide bonds. The topological polar surface area (TPSA) is 105 Å². The number of carbonyl (C=O) groups excluding carboxylic acids is 2. The molecule has 2 atom stereocenters. The van der Waals surface area contributed by atoms with Gasteiger partial charge in [0.1, 0.15) is 5.75 Å². The lowest BCUT2D eigenvalue weighted by Crippen LogP contribution is -2.33. The average molecular weight is 474 g/mol. The zero-order valence-corrected chi connectivity index (χ0v) is 20.2. The second-order valence-corrected chi connectivity index (χ2v) is 10.1. The zero-order valence-electron chi connectivity index (χ0n) is 19.4. The maximum atomic E-state index is 13.3. The highest BCUT2D eigenvalue weighted by molar-refractivity contribution is 7.92. The minimum Gasteiger partial charge on any atom is -0.497 e. The van der Waals surface area contributed by atoms with Gasteiger partial charge >= 0.3 is 0 Å². The van der Waals surface area contributed by atoms with E-state index in [4.69, 9.17) is 4.74 Å². The fraction of sp³-hybridized carbons (Fsp3) is 0.417. The molecule has 1 saturated heterocycles. The lowest BCUT2D eigenvalue weighted by atomic mass is 9.92. The van der Waals surface area contributed by atoms with Crippen molar-refractivity contribution in [3.05, 3.63) is 53.6 Å². The van der Waals surface area contributed by atoms with Gasteiger partial charge in [-0.05, 0) is 48.7 Å². The Hall–Kier alpha value is -3.07. The Morgan fingerprint density at radius 2 is 1.88 bits per heavy atom. The van der Waals surface area contributed by atoms with E-state index in [1.165, 1.54) is 0 Å². The summed E-state index contributed by atoms with van der Waals surface area (Å²) >= 11 is 0. The van der Waals surface area contributed by atoms with E-state index in [1.807, 2.05) is 24.3 Å². The van der Waals surface area contributed by atoms with Gasteiger partial charge in [0, 0.05) is 18.7 Å². The van der Waals surface area contributed by atoms with Crippen molar-refractivity contribution >= 4 is 33.2 Å². The largest absolute Gasteiger partial charge is 0.497 e. The van der Waals surface area contributed by atoms with Crippen LogP contribution in [0.4, 0.5) is 11.4 Å². The molecule has 2 aromatic rings. The number of anilines is 2. The molecule has 1 heterocycles. The molecule has 178 valence electrons. The normalized spacial score (nSPS) is 18.3. The number of likely N-dealkylation sites (tertiary alicyclic amines) is 1. The zero-order chi connectivity index (χ0) is 24.2. The van der Waals surface area contributed by atoms with Crippen molar-refractivity contribution in [2.45, 2.75) is 39.2 Å². The molecule has 0 bridgehead atoms. The molecule has 2 N–H and O–H groups in total. The molecular formula is C24H31N3O5S. The van der Waals surface area contributed by atoms with E-state index in [0.717, 1.165) is 30.2 Å². The van der Waals surface area contributed by atoms with Crippen molar-refractivity contribution in [2.24, 2.45) is 5.92 Å². The van der Waals surface area contributed by atoms with Crippen molar-refractivity contribution < 1.29 is 22.7 Å². The maximum absolute atomic E-state index is 13.3. The molecule has 0 saturated carbocycles. The minimum atomic E-state index is -3.46. The van der Waals surface area contributed by atoms with Gasteiger partial charge in [-0.25, -0.2) is 8.42 Å². The number of methoxy groups -OCH3 is 1. The Kier molecular flexibility index (Phi) is 7.63. The van der Waals surface area contributed by atoms with Crippen LogP contribution in [0.3, 0.4) is 0 Å². The first-order chi connectivity index (χ1) is 15.6. The number of benzene rings is 2. The molecular weight excluding hydrogens is 442 g/mol. The Morgan fingerprint density at radius 1 is 1.18 bits per heavy atom. The number of aryl methyl sites for hydroxylation is 1. The molecule has 9 heteroatoms. The number of hydrogen-bond donors (Lipinski definition) is 2. The third-order valence-electron chi connectivity index (χ3n) is 5.78. The van der Waals surface area contributed by atoms with Gasteiger partial charge in [0.05, 0.1) is 31.0 Å². The number of carbonyl (C=O) groups is 2. The summed E-state index contributed by atoms with van der Waals surface area (Å²) in [5.74, 6) is -0.199. The van der Waals surface area contributed by atoms with Gasteiger partial charge in [-0.3, -0.25) is 14.3 Å². The lowest BCUT2D eigenvalue weighted by molar-refractivity contribution is -0.129. The summed E-state index contributed by atoms with van der Waals surface area (Å²) in [6.07, 6.45) is 2.99. The average Bonchev–Trinajstić information content (AvgIpc) is 3.10. The van der Waals surface area contributed by atoms with Crippen LogP contribution in [-0.2, 0) is 19.6 Å². The summed E-state index contributed by atoms with van der Waals surface area (Å²) < 4.78 is 31.0. The molecule has 0 radical (unpaired) electrons. The Bertz CT molecular complexity index is 1120. The van der Waals surface area contributed by atoms with E-state index in [-0.39, 0.29) is 24.3 Å². The molecule has 2 aromatic carbocycles. The molecule has 33 heavy (non-hydrogen) atoms. The molecule has 1 aliphatic heterocycles. The molecule has 2 unspecified atom stereocenters. The highest BCUT2D eigenvalue weighted by atomic mass is 32.2. The van der Waals surface area contributed by atoms with Crippen molar-refractivity contribution in [2.75, 3.05) is 29.9 Å². The third kappa shape index (κ3) is 6.04. The summed E-state index contributed by atoms with van der Waals surface area (Å²) in [7, 11) is -1.87. The number of unbranched alkanes of at least 4 members (excludes halogenated alkanes) is 1. The quantitative estimate of drug-likeness (QED) is 0.578. The molecule has 0 aliphatic carbocycles. The summed E-state index contributed by atoms with van der Waals surface area (Å²) in [4.78, 5) is 28.0. The van der Waals surface area contributed by atoms with Crippen LogP contribution in [0.2, 0.25) is 0 Å². The van der Waals surface area contributed by atoms with Gasteiger partial charge in [-0.15, -0.1) is 0 Å². The second kappa shape index (κ2) is 10.2. The fourth-order valence-corrected chi connectivity index (χ4v) is 4.69. The summed E-state index contributed by atoms with van der Waals surface area (Å²) in [5.41, 5.74) is 2.47. The van der Waals surface area contributed by atoms with Gasteiger partial charge in [0.15, 0.2) is 0 Å². The SMILES string of the molecule is CCCCN1C(=O)CC(C(=O)Nc2ccc(C)c(NS(C)(=O)=O)c2)C1c1ccc(OC)cc1. The first-order valence-electron chi connectivity index (χ1n) is 11.0. The lowest BCUT2D eigenvalue weighted by Gasteiger charge is -2.28. The van der Waals surface area contributed by atoms with Crippen molar-refractivity contribution in [1.82, 2.24) is 4.90 Å². The monoisotopic (exact) mass is 473 g/mol. The van der Waals surface area contributed by atoms with E-state index in [9.17, 15) is 18.0 Å².